The van der Waals surface area contributed by atoms with Gasteiger partial charge < -0.3 is 5.73 Å². The molecule has 5 rings (SSSR count). The van der Waals surface area contributed by atoms with Crippen molar-refractivity contribution in [1.82, 2.24) is 14.2 Å². The Kier molecular flexibility index (Phi) is 5.35. The molecule has 0 bridgehead atoms. The lowest BCUT2D eigenvalue weighted by Crippen LogP contribution is -2.48. The van der Waals surface area contributed by atoms with Crippen LogP contribution in [-0.2, 0) is 16.6 Å². The van der Waals surface area contributed by atoms with Crippen LogP contribution in [0.2, 0.25) is 5.02 Å². The molecule has 1 aliphatic heterocycles. The zero-order valence-electron chi connectivity index (χ0n) is 16.7. The van der Waals surface area contributed by atoms with Gasteiger partial charge in [0.25, 0.3) is 10.0 Å². The lowest BCUT2D eigenvalue weighted by Gasteiger charge is -2.33. The molecule has 1 saturated heterocycles. The van der Waals surface area contributed by atoms with Crippen molar-refractivity contribution in [2.75, 3.05) is 31.9 Å². The molecule has 1 aliphatic rings. The second-order valence-electron chi connectivity index (χ2n) is 7.68. The molecule has 9 heteroatoms. The van der Waals surface area contributed by atoms with Crippen LogP contribution in [0.5, 0.6) is 0 Å². The Hall–Kier alpha value is -2.23. The van der Waals surface area contributed by atoms with Gasteiger partial charge in [-0.1, -0.05) is 29.8 Å². The van der Waals surface area contributed by atoms with Crippen LogP contribution >= 0.6 is 22.9 Å². The van der Waals surface area contributed by atoms with Gasteiger partial charge in [-0.25, -0.2) is 8.42 Å². The number of aromatic nitrogens is 1. The predicted molar refractivity (Wildman–Crippen MR) is 127 cm³/mol. The number of nitrogens with zero attached hydrogens (tertiary/aromatic N) is 3. The third-order valence-corrected chi connectivity index (χ3v) is 9.31. The molecule has 1 fully saturated rings. The van der Waals surface area contributed by atoms with Gasteiger partial charge in [-0.05, 0) is 41.3 Å². The average Bonchev–Trinajstić information content (AvgIpc) is 3.18. The number of sulfonamides is 1. The Morgan fingerprint density at radius 1 is 1.03 bits per heavy atom. The molecular formula is C22H21ClN4O2S2. The molecule has 0 spiro atoms. The fraction of sp³-hybridized carbons (Fsp3) is 0.227. The zero-order chi connectivity index (χ0) is 21.6. The van der Waals surface area contributed by atoms with Crippen molar-refractivity contribution in [2.45, 2.75) is 10.8 Å². The lowest BCUT2D eigenvalue weighted by molar-refractivity contribution is 0.182. The van der Waals surface area contributed by atoms with Gasteiger partial charge in [0.15, 0.2) is 0 Å². The van der Waals surface area contributed by atoms with Crippen LogP contribution in [0, 0.1) is 0 Å². The van der Waals surface area contributed by atoms with Crippen LogP contribution in [0.3, 0.4) is 0 Å². The molecule has 0 amide bonds. The molecule has 0 radical (unpaired) electrons. The number of rotatable bonds is 4. The Morgan fingerprint density at radius 2 is 1.84 bits per heavy atom. The van der Waals surface area contributed by atoms with Gasteiger partial charge in [0.2, 0.25) is 0 Å². The highest BCUT2D eigenvalue weighted by Gasteiger charge is 2.30. The van der Waals surface area contributed by atoms with Crippen LogP contribution in [0.1, 0.15) is 5.56 Å². The minimum absolute atomic E-state index is 0.372. The second-order valence-corrected chi connectivity index (χ2v) is 11.4. The molecule has 4 aromatic rings. The molecule has 2 aromatic heterocycles. The Morgan fingerprint density at radius 3 is 2.65 bits per heavy atom. The molecule has 2 aromatic carbocycles. The van der Waals surface area contributed by atoms with E-state index in [0.29, 0.717) is 35.4 Å². The maximum atomic E-state index is 13.1. The van der Waals surface area contributed by atoms with E-state index < -0.39 is 10.0 Å². The number of fused-ring (bicyclic) bond motifs is 2. The van der Waals surface area contributed by atoms with Crippen molar-refractivity contribution >= 4 is 59.6 Å². The number of pyridine rings is 1. The number of nitrogen functional groups attached to an aromatic ring is 1. The summed E-state index contributed by atoms with van der Waals surface area (Å²) in [6.45, 7) is 3.05. The number of hydrogen-bond acceptors (Lipinski definition) is 6. The van der Waals surface area contributed by atoms with Crippen molar-refractivity contribution in [3.8, 4) is 0 Å². The molecule has 0 unspecified atom stereocenters. The molecule has 0 saturated carbocycles. The van der Waals surface area contributed by atoms with Gasteiger partial charge in [-0.2, -0.15) is 4.31 Å². The first-order valence-corrected chi connectivity index (χ1v) is 12.6. The summed E-state index contributed by atoms with van der Waals surface area (Å²) in [6, 6.07) is 15.1. The van der Waals surface area contributed by atoms with E-state index in [1.165, 1.54) is 11.3 Å². The van der Waals surface area contributed by atoms with Gasteiger partial charge in [-0.3, -0.25) is 9.88 Å². The van der Waals surface area contributed by atoms with E-state index in [0.717, 1.165) is 38.8 Å². The Labute approximate surface area is 189 Å². The minimum atomic E-state index is -3.51. The fourth-order valence-corrected chi connectivity index (χ4v) is 7.19. The van der Waals surface area contributed by atoms with Crippen molar-refractivity contribution < 1.29 is 8.42 Å². The topological polar surface area (TPSA) is 79.5 Å². The quantitative estimate of drug-likeness (QED) is 0.481. The number of anilines is 1. The number of piperazine rings is 1. The summed E-state index contributed by atoms with van der Waals surface area (Å²) in [5.74, 6) is 0. The summed E-state index contributed by atoms with van der Waals surface area (Å²) in [4.78, 5) is 6.67. The first-order valence-electron chi connectivity index (χ1n) is 9.95. The summed E-state index contributed by atoms with van der Waals surface area (Å²) in [6.07, 6.45) is 1.72. The number of nitrogens with two attached hydrogens (primary N) is 1. The molecule has 3 heterocycles. The SMILES string of the molecule is Nc1ccnc2cc(CN3CCN(S(=O)(=O)c4cc5ccc(Cl)cc5s4)CC3)ccc12. The standard InChI is InChI=1S/C22H21ClN4O2S2/c23-17-3-2-16-12-22(30-21(16)13-17)31(28,29)27-9-7-26(8-10-27)14-15-1-4-18-19(24)5-6-25-20(18)11-15/h1-6,11-13H,7-10,14H2,(H2,24,25). The van der Waals surface area contributed by atoms with Crippen LogP contribution in [0.15, 0.2) is 58.9 Å². The van der Waals surface area contributed by atoms with E-state index in [1.54, 1.807) is 28.7 Å². The Balaban J connectivity index is 1.28. The summed E-state index contributed by atoms with van der Waals surface area (Å²) in [5, 5.41) is 2.46. The molecule has 0 atom stereocenters. The van der Waals surface area contributed by atoms with Crippen molar-refractivity contribution in [3.63, 3.8) is 0 Å². The molecular weight excluding hydrogens is 452 g/mol. The van der Waals surface area contributed by atoms with Gasteiger partial charge >= 0.3 is 0 Å². The van der Waals surface area contributed by atoms with Gasteiger partial charge in [0.1, 0.15) is 4.21 Å². The number of thiophene rings is 1. The highest BCUT2D eigenvalue weighted by Crippen LogP contribution is 2.33. The van der Waals surface area contributed by atoms with E-state index in [9.17, 15) is 8.42 Å². The third-order valence-electron chi connectivity index (χ3n) is 5.63. The summed E-state index contributed by atoms with van der Waals surface area (Å²) >= 11 is 7.32. The van der Waals surface area contributed by atoms with Gasteiger partial charge in [0, 0.05) is 59.7 Å². The normalized spacial score (nSPS) is 16.3. The monoisotopic (exact) mass is 472 g/mol. The summed E-state index contributed by atoms with van der Waals surface area (Å²) in [5.41, 5.74) is 8.75. The van der Waals surface area contributed by atoms with Crippen LogP contribution < -0.4 is 5.73 Å². The van der Waals surface area contributed by atoms with Crippen LogP contribution in [-0.4, -0.2) is 48.8 Å². The maximum Gasteiger partial charge on any atom is 0.252 e. The highest BCUT2D eigenvalue weighted by molar-refractivity contribution is 7.91. The molecule has 31 heavy (non-hydrogen) atoms. The second kappa shape index (κ2) is 8.03. The zero-order valence-corrected chi connectivity index (χ0v) is 19.1. The minimum Gasteiger partial charge on any atom is -0.398 e. The van der Waals surface area contributed by atoms with Crippen molar-refractivity contribution in [1.29, 1.82) is 0 Å². The summed E-state index contributed by atoms with van der Waals surface area (Å²) < 4.78 is 29.1. The first-order chi connectivity index (χ1) is 14.9. The average molecular weight is 473 g/mol. The molecule has 0 aliphatic carbocycles. The van der Waals surface area contributed by atoms with E-state index in [1.807, 2.05) is 18.2 Å². The Bertz CT molecular complexity index is 1380. The largest absolute Gasteiger partial charge is 0.398 e. The smallest absolute Gasteiger partial charge is 0.252 e. The van der Waals surface area contributed by atoms with Crippen molar-refractivity contribution in [2.24, 2.45) is 0 Å². The van der Waals surface area contributed by atoms with E-state index in [2.05, 4.69) is 22.0 Å². The molecule has 160 valence electrons. The number of benzene rings is 2. The number of hydrogen-bond donors (Lipinski definition) is 1. The van der Waals surface area contributed by atoms with Crippen LogP contribution in [0.25, 0.3) is 21.0 Å². The molecule has 2 N–H and O–H groups in total. The van der Waals surface area contributed by atoms with E-state index >= 15 is 0 Å². The van der Waals surface area contributed by atoms with E-state index in [-0.39, 0.29) is 0 Å². The fourth-order valence-electron chi connectivity index (χ4n) is 3.94. The maximum absolute atomic E-state index is 13.1. The van der Waals surface area contributed by atoms with Crippen molar-refractivity contribution in [3.05, 3.63) is 65.3 Å². The highest BCUT2D eigenvalue weighted by atomic mass is 35.5. The van der Waals surface area contributed by atoms with Gasteiger partial charge in [0.05, 0.1) is 5.52 Å². The molecule has 6 nitrogen and oxygen atoms in total. The van der Waals surface area contributed by atoms with E-state index in [4.69, 9.17) is 17.3 Å². The first kappa shape index (κ1) is 20.7. The number of halogens is 1. The predicted octanol–water partition coefficient (Wildman–Crippen LogP) is 4.19. The summed E-state index contributed by atoms with van der Waals surface area (Å²) in [7, 11) is -3.51. The lowest BCUT2D eigenvalue weighted by atomic mass is 10.1. The van der Waals surface area contributed by atoms with Crippen LogP contribution in [0.4, 0.5) is 5.69 Å². The third kappa shape index (κ3) is 4.02. The van der Waals surface area contributed by atoms with Gasteiger partial charge in [-0.15, -0.1) is 11.3 Å².